The van der Waals surface area contributed by atoms with Gasteiger partial charge in [-0.3, -0.25) is 9.59 Å². The Balaban J connectivity index is 1.35. The van der Waals surface area contributed by atoms with E-state index >= 15 is 0 Å². The molecule has 1 aliphatic rings. The summed E-state index contributed by atoms with van der Waals surface area (Å²) in [5.74, 6) is 0.493. The van der Waals surface area contributed by atoms with Gasteiger partial charge in [-0.2, -0.15) is 10.1 Å². The molecule has 3 aromatic carbocycles. The number of H-pyrrole nitrogens is 1. The molecule has 0 fully saturated rings. The van der Waals surface area contributed by atoms with E-state index in [1.165, 1.54) is 16.6 Å². The van der Waals surface area contributed by atoms with Gasteiger partial charge in [-0.1, -0.05) is 18.2 Å². The molecule has 1 aliphatic heterocycles. The minimum absolute atomic E-state index is 0.167. The summed E-state index contributed by atoms with van der Waals surface area (Å²) in [4.78, 5) is 29.6. The maximum atomic E-state index is 14.3. The number of halogens is 1. The maximum absolute atomic E-state index is 14.3. The standard InChI is InChI=1S/C24H16FN5O4/c25-17-4-2-1-3-15(17)21-22-27-24(32)16-7-6-14(10-18(16)30(22)29-28-21)23(31)26-11-13-5-8-19-20(9-13)34-12-33-19/h1-10,29H,11-12H2,(H,26,31). The van der Waals surface area contributed by atoms with E-state index in [9.17, 15) is 14.0 Å². The number of aromatic amines is 1. The van der Waals surface area contributed by atoms with Crippen LogP contribution in [0.5, 0.6) is 11.5 Å². The van der Waals surface area contributed by atoms with Gasteiger partial charge in [-0.15, -0.1) is 0 Å². The molecule has 2 aromatic heterocycles. The third kappa shape index (κ3) is 3.24. The molecule has 1 amide bonds. The maximum Gasteiger partial charge on any atom is 0.281 e. The molecule has 0 radical (unpaired) electrons. The molecule has 0 saturated heterocycles. The van der Waals surface area contributed by atoms with Crippen molar-refractivity contribution in [3.63, 3.8) is 0 Å². The average Bonchev–Trinajstić information content (AvgIpc) is 3.49. The lowest BCUT2D eigenvalue weighted by molar-refractivity contribution is 0.0951. The van der Waals surface area contributed by atoms with Crippen LogP contribution in [0.15, 0.2) is 65.5 Å². The third-order valence-electron chi connectivity index (χ3n) is 5.64. The fraction of sp³-hybridized carbons (Fsp3) is 0.0833. The Morgan fingerprint density at radius 1 is 1.09 bits per heavy atom. The molecule has 0 atom stereocenters. The highest BCUT2D eigenvalue weighted by Gasteiger charge is 2.18. The van der Waals surface area contributed by atoms with Gasteiger partial charge in [0.15, 0.2) is 17.1 Å². The van der Waals surface area contributed by atoms with Crippen LogP contribution in [0.25, 0.3) is 27.8 Å². The minimum atomic E-state index is -0.499. The number of aromatic nitrogens is 4. The molecular weight excluding hydrogens is 441 g/mol. The quantitative estimate of drug-likeness (QED) is 0.429. The van der Waals surface area contributed by atoms with Gasteiger partial charge in [0.2, 0.25) is 6.79 Å². The number of fused-ring (bicyclic) bond motifs is 4. The van der Waals surface area contributed by atoms with Crippen molar-refractivity contribution in [1.29, 1.82) is 0 Å². The van der Waals surface area contributed by atoms with Crippen LogP contribution in [0.1, 0.15) is 15.9 Å². The van der Waals surface area contributed by atoms with Gasteiger partial charge in [0.1, 0.15) is 11.5 Å². The largest absolute Gasteiger partial charge is 0.454 e. The second-order valence-electron chi connectivity index (χ2n) is 7.72. The molecule has 0 bridgehead atoms. The first-order valence-electron chi connectivity index (χ1n) is 10.4. The summed E-state index contributed by atoms with van der Waals surface area (Å²) in [6, 6.07) is 16.2. The predicted molar refractivity (Wildman–Crippen MR) is 120 cm³/mol. The summed E-state index contributed by atoms with van der Waals surface area (Å²) in [6.07, 6.45) is 0. The van der Waals surface area contributed by atoms with Crippen LogP contribution in [-0.2, 0) is 6.54 Å². The minimum Gasteiger partial charge on any atom is -0.454 e. The van der Waals surface area contributed by atoms with Crippen LogP contribution in [-0.4, -0.2) is 32.5 Å². The van der Waals surface area contributed by atoms with E-state index in [0.29, 0.717) is 28.0 Å². The lowest BCUT2D eigenvalue weighted by Gasteiger charge is -2.08. The highest BCUT2D eigenvalue weighted by atomic mass is 19.1. The van der Waals surface area contributed by atoms with Crippen molar-refractivity contribution in [2.75, 3.05) is 6.79 Å². The Morgan fingerprint density at radius 2 is 1.94 bits per heavy atom. The van der Waals surface area contributed by atoms with Gasteiger partial charge in [-0.05, 0) is 48.0 Å². The number of hydrogen-bond donors (Lipinski definition) is 2. The van der Waals surface area contributed by atoms with Gasteiger partial charge in [0.05, 0.1) is 10.9 Å². The monoisotopic (exact) mass is 457 g/mol. The first kappa shape index (κ1) is 19.9. The van der Waals surface area contributed by atoms with Gasteiger partial charge >= 0.3 is 0 Å². The molecule has 5 aromatic rings. The Kier molecular flexibility index (Phi) is 4.51. The lowest BCUT2D eigenvalue weighted by atomic mass is 10.1. The number of nitrogens with one attached hydrogen (secondary N) is 2. The molecule has 10 heteroatoms. The van der Waals surface area contributed by atoms with E-state index < -0.39 is 11.4 Å². The van der Waals surface area contributed by atoms with Crippen molar-refractivity contribution in [3.05, 3.63) is 88.0 Å². The molecule has 0 unspecified atom stereocenters. The lowest BCUT2D eigenvalue weighted by Crippen LogP contribution is -2.23. The van der Waals surface area contributed by atoms with E-state index in [-0.39, 0.29) is 36.1 Å². The molecule has 34 heavy (non-hydrogen) atoms. The van der Waals surface area contributed by atoms with Gasteiger partial charge < -0.3 is 14.8 Å². The molecular formula is C24H16FN5O4. The molecule has 0 spiro atoms. The summed E-state index contributed by atoms with van der Waals surface area (Å²) in [7, 11) is 0. The summed E-state index contributed by atoms with van der Waals surface area (Å²) in [5.41, 5.74) is 1.68. The van der Waals surface area contributed by atoms with Gasteiger partial charge in [0.25, 0.3) is 11.5 Å². The highest BCUT2D eigenvalue weighted by molar-refractivity contribution is 5.98. The summed E-state index contributed by atoms with van der Waals surface area (Å²) >= 11 is 0. The number of benzene rings is 3. The topological polar surface area (TPSA) is 111 Å². The molecule has 3 heterocycles. The Bertz CT molecular complexity index is 1660. The van der Waals surface area contributed by atoms with E-state index in [1.807, 2.05) is 12.1 Å². The Morgan fingerprint density at radius 3 is 2.82 bits per heavy atom. The Labute approximate surface area is 190 Å². The van der Waals surface area contributed by atoms with Crippen molar-refractivity contribution in [3.8, 4) is 22.8 Å². The molecule has 2 N–H and O–H groups in total. The number of carbonyl (C=O) groups is 1. The van der Waals surface area contributed by atoms with Crippen molar-refractivity contribution in [2.45, 2.75) is 6.54 Å². The van der Waals surface area contributed by atoms with E-state index in [2.05, 4.69) is 20.6 Å². The molecule has 6 rings (SSSR count). The fourth-order valence-corrected chi connectivity index (χ4v) is 3.94. The van der Waals surface area contributed by atoms with Crippen LogP contribution < -0.4 is 20.3 Å². The predicted octanol–water partition coefficient (Wildman–Crippen LogP) is 3.04. The third-order valence-corrected chi connectivity index (χ3v) is 5.64. The summed E-state index contributed by atoms with van der Waals surface area (Å²) in [5, 5.41) is 10.1. The van der Waals surface area contributed by atoms with E-state index in [1.54, 1.807) is 36.4 Å². The number of amides is 1. The number of ether oxygens (including phenoxy) is 2. The first-order valence-corrected chi connectivity index (χ1v) is 10.4. The first-order chi connectivity index (χ1) is 16.6. The molecule has 0 aliphatic carbocycles. The van der Waals surface area contributed by atoms with Crippen LogP contribution in [0.3, 0.4) is 0 Å². The zero-order valence-electron chi connectivity index (χ0n) is 17.5. The summed E-state index contributed by atoms with van der Waals surface area (Å²) in [6.45, 7) is 0.456. The number of hydrogen-bond acceptors (Lipinski definition) is 6. The second-order valence-corrected chi connectivity index (χ2v) is 7.72. The normalized spacial score (nSPS) is 12.4. The van der Waals surface area contributed by atoms with Crippen LogP contribution in [0.4, 0.5) is 4.39 Å². The number of carbonyl (C=O) groups excluding carboxylic acids is 1. The zero-order chi connectivity index (χ0) is 23.2. The molecule has 9 nitrogen and oxygen atoms in total. The SMILES string of the molecule is O=C(NCc1ccc2c(c1)OCO2)c1ccc2c(=O)nc3c(-c4ccccc4F)n[nH]n3c2c1. The Hall–Kier alpha value is -4.73. The number of nitrogens with zero attached hydrogens (tertiary/aromatic N) is 3. The highest BCUT2D eigenvalue weighted by Crippen LogP contribution is 2.32. The molecule has 0 saturated carbocycles. The van der Waals surface area contributed by atoms with Crippen LogP contribution in [0.2, 0.25) is 0 Å². The van der Waals surface area contributed by atoms with Gasteiger partial charge in [0, 0.05) is 17.7 Å². The summed E-state index contributed by atoms with van der Waals surface area (Å²) < 4.78 is 26.5. The average molecular weight is 457 g/mol. The van der Waals surface area contributed by atoms with Crippen molar-refractivity contribution < 1.29 is 18.7 Å². The van der Waals surface area contributed by atoms with E-state index in [0.717, 1.165) is 5.56 Å². The van der Waals surface area contributed by atoms with Crippen molar-refractivity contribution in [2.24, 2.45) is 0 Å². The zero-order valence-corrected chi connectivity index (χ0v) is 17.5. The van der Waals surface area contributed by atoms with Crippen LogP contribution in [0, 0.1) is 5.82 Å². The van der Waals surface area contributed by atoms with Crippen LogP contribution >= 0.6 is 0 Å². The molecule has 168 valence electrons. The van der Waals surface area contributed by atoms with Crippen molar-refractivity contribution >= 4 is 22.5 Å². The number of rotatable bonds is 4. The smallest absolute Gasteiger partial charge is 0.281 e. The second kappa shape index (κ2) is 7.69. The fourth-order valence-electron chi connectivity index (χ4n) is 3.94. The van der Waals surface area contributed by atoms with Crippen molar-refractivity contribution in [1.82, 2.24) is 25.1 Å². The van der Waals surface area contributed by atoms with E-state index in [4.69, 9.17) is 9.47 Å². The van der Waals surface area contributed by atoms with Gasteiger partial charge in [-0.25, -0.2) is 14.1 Å².